The first-order chi connectivity index (χ1) is 7.49. The highest BCUT2D eigenvalue weighted by Gasteiger charge is 2.15. The van der Waals surface area contributed by atoms with Crippen molar-refractivity contribution in [2.75, 3.05) is 5.32 Å². The maximum absolute atomic E-state index is 11.5. The minimum atomic E-state index is -0.812. The van der Waals surface area contributed by atoms with Crippen LogP contribution < -0.4 is 5.32 Å². The van der Waals surface area contributed by atoms with E-state index in [0.717, 1.165) is 0 Å². The van der Waals surface area contributed by atoms with Crippen molar-refractivity contribution in [3.05, 3.63) is 29.3 Å². The Morgan fingerprint density at radius 2 is 1.88 bits per heavy atom. The van der Waals surface area contributed by atoms with Gasteiger partial charge in [-0.25, -0.2) is 0 Å². The molecule has 0 fully saturated rings. The lowest BCUT2D eigenvalue weighted by Gasteiger charge is -2.11. The van der Waals surface area contributed by atoms with Gasteiger partial charge >= 0.3 is 5.97 Å². The maximum Gasteiger partial charge on any atom is 0.303 e. The summed E-state index contributed by atoms with van der Waals surface area (Å²) >= 11 is 5.70. The van der Waals surface area contributed by atoms with E-state index in [2.05, 4.69) is 5.32 Å². The van der Waals surface area contributed by atoms with Gasteiger partial charge in [-0.2, -0.15) is 0 Å². The Morgan fingerprint density at radius 1 is 1.31 bits per heavy atom. The van der Waals surface area contributed by atoms with E-state index in [1.54, 1.807) is 24.3 Å². The Morgan fingerprint density at radius 3 is 2.38 bits per heavy atom. The van der Waals surface area contributed by atoms with Crippen molar-refractivity contribution in [2.24, 2.45) is 0 Å². The number of carbonyl (C=O) groups is 2. The van der Waals surface area contributed by atoms with Gasteiger partial charge in [0.1, 0.15) is 0 Å². The van der Waals surface area contributed by atoms with E-state index in [-0.39, 0.29) is 5.91 Å². The monoisotopic (exact) mass is 241 g/mol. The van der Waals surface area contributed by atoms with Gasteiger partial charge < -0.3 is 10.1 Å². The van der Waals surface area contributed by atoms with E-state index >= 15 is 0 Å². The van der Waals surface area contributed by atoms with Crippen LogP contribution in [0.2, 0.25) is 5.02 Å². The summed E-state index contributed by atoms with van der Waals surface area (Å²) in [5.74, 6) is -0.865. The van der Waals surface area contributed by atoms with Crippen LogP contribution >= 0.6 is 11.6 Å². The molecule has 0 spiro atoms. The molecule has 1 N–H and O–H groups in total. The Hall–Kier alpha value is -1.55. The topological polar surface area (TPSA) is 55.4 Å². The number of benzene rings is 1. The fourth-order valence-electron chi connectivity index (χ4n) is 1.08. The highest BCUT2D eigenvalue weighted by atomic mass is 35.5. The molecule has 5 heteroatoms. The van der Waals surface area contributed by atoms with Gasteiger partial charge in [-0.3, -0.25) is 9.59 Å². The highest BCUT2D eigenvalue weighted by molar-refractivity contribution is 6.30. The summed E-state index contributed by atoms with van der Waals surface area (Å²) in [7, 11) is 0. The van der Waals surface area contributed by atoms with Gasteiger partial charge in [-0.15, -0.1) is 0 Å². The largest absolute Gasteiger partial charge is 0.453 e. The van der Waals surface area contributed by atoms with Crippen LogP contribution in [0.3, 0.4) is 0 Å². The minimum Gasteiger partial charge on any atom is -0.453 e. The Labute approximate surface area is 98.5 Å². The van der Waals surface area contributed by atoms with E-state index in [4.69, 9.17) is 16.3 Å². The summed E-state index contributed by atoms with van der Waals surface area (Å²) < 4.78 is 4.73. The lowest BCUT2D eigenvalue weighted by atomic mass is 10.3. The van der Waals surface area contributed by atoms with E-state index < -0.39 is 12.1 Å². The molecule has 1 atom stereocenters. The summed E-state index contributed by atoms with van der Waals surface area (Å²) in [6.45, 7) is 2.76. The molecule has 0 aliphatic rings. The van der Waals surface area contributed by atoms with Crippen LogP contribution in [0.25, 0.3) is 0 Å². The van der Waals surface area contributed by atoms with Gasteiger partial charge in [0.2, 0.25) is 0 Å². The van der Waals surface area contributed by atoms with Crippen molar-refractivity contribution in [1.82, 2.24) is 0 Å². The van der Waals surface area contributed by atoms with Crippen molar-refractivity contribution >= 4 is 29.2 Å². The average Bonchev–Trinajstić information content (AvgIpc) is 2.20. The zero-order valence-corrected chi connectivity index (χ0v) is 9.75. The fraction of sp³-hybridized carbons (Fsp3) is 0.273. The number of halogens is 1. The second-order valence-corrected chi connectivity index (χ2v) is 3.68. The van der Waals surface area contributed by atoms with E-state index in [1.807, 2.05) is 0 Å². The van der Waals surface area contributed by atoms with Crippen molar-refractivity contribution < 1.29 is 14.3 Å². The van der Waals surface area contributed by atoms with Crippen molar-refractivity contribution in [1.29, 1.82) is 0 Å². The van der Waals surface area contributed by atoms with Crippen LogP contribution in [0.15, 0.2) is 24.3 Å². The van der Waals surface area contributed by atoms with E-state index in [1.165, 1.54) is 13.8 Å². The number of rotatable bonds is 3. The predicted octanol–water partition coefficient (Wildman–Crippen LogP) is 2.23. The second-order valence-electron chi connectivity index (χ2n) is 3.25. The molecule has 0 saturated carbocycles. The molecule has 1 rings (SSSR count). The summed E-state index contributed by atoms with van der Waals surface area (Å²) in [6, 6.07) is 6.66. The molecule has 16 heavy (non-hydrogen) atoms. The number of hydrogen-bond acceptors (Lipinski definition) is 3. The Balaban J connectivity index is 2.57. The van der Waals surface area contributed by atoms with Crippen molar-refractivity contribution in [3.8, 4) is 0 Å². The molecule has 0 heterocycles. The van der Waals surface area contributed by atoms with Crippen LogP contribution in [-0.2, 0) is 14.3 Å². The van der Waals surface area contributed by atoms with Gasteiger partial charge in [-0.05, 0) is 31.2 Å². The first-order valence-electron chi connectivity index (χ1n) is 4.72. The molecule has 0 saturated heterocycles. The first kappa shape index (κ1) is 12.5. The van der Waals surface area contributed by atoms with Crippen LogP contribution in [0, 0.1) is 0 Å². The smallest absolute Gasteiger partial charge is 0.303 e. The van der Waals surface area contributed by atoms with Crippen LogP contribution in [0.4, 0.5) is 5.69 Å². The summed E-state index contributed by atoms with van der Waals surface area (Å²) in [5, 5.41) is 3.19. The summed E-state index contributed by atoms with van der Waals surface area (Å²) in [5.41, 5.74) is 0.605. The minimum absolute atomic E-state index is 0.377. The molecule has 0 aliphatic heterocycles. The molecule has 0 bridgehead atoms. The number of carbonyl (C=O) groups excluding carboxylic acids is 2. The van der Waals surface area contributed by atoms with Crippen LogP contribution in [0.1, 0.15) is 13.8 Å². The van der Waals surface area contributed by atoms with E-state index in [0.29, 0.717) is 10.7 Å². The zero-order valence-electron chi connectivity index (χ0n) is 8.99. The average molecular weight is 242 g/mol. The normalized spacial score (nSPS) is 11.7. The number of hydrogen-bond donors (Lipinski definition) is 1. The van der Waals surface area contributed by atoms with Crippen LogP contribution in [-0.4, -0.2) is 18.0 Å². The van der Waals surface area contributed by atoms with Gasteiger partial charge in [0, 0.05) is 17.6 Å². The molecule has 86 valence electrons. The maximum atomic E-state index is 11.5. The molecular weight excluding hydrogens is 230 g/mol. The molecule has 0 aliphatic carbocycles. The standard InChI is InChI=1S/C11H12ClNO3/c1-7(16-8(2)14)11(15)13-10-5-3-9(12)4-6-10/h3-7H,1-2H3,(H,13,15). The number of esters is 1. The summed E-state index contributed by atoms with van der Waals surface area (Å²) in [4.78, 5) is 22.1. The third-order valence-electron chi connectivity index (χ3n) is 1.82. The lowest BCUT2D eigenvalue weighted by Crippen LogP contribution is -2.29. The molecule has 1 amide bonds. The quantitative estimate of drug-likeness (QED) is 0.826. The predicted molar refractivity (Wildman–Crippen MR) is 61.3 cm³/mol. The number of anilines is 1. The molecular formula is C11H12ClNO3. The van der Waals surface area contributed by atoms with Crippen LogP contribution in [0.5, 0.6) is 0 Å². The molecule has 1 aromatic carbocycles. The van der Waals surface area contributed by atoms with Gasteiger partial charge in [-0.1, -0.05) is 11.6 Å². The number of amides is 1. The fourth-order valence-corrected chi connectivity index (χ4v) is 1.21. The van der Waals surface area contributed by atoms with Crippen molar-refractivity contribution in [3.63, 3.8) is 0 Å². The zero-order chi connectivity index (χ0) is 12.1. The molecule has 1 aromatic rings. The molecule has 0 aromatic heterocycles. The Bertz CT molecular complexity index is 389. The first-order valence-corrected chi connectivity index (χ1v) is 5.10. The van der Waals surface area contributed by atoms with E-state index in [9.17, 15) is 9.59 Å². The molecule has 1 unspecified atom stereocenters. The highest BCUT2D eigenvalue weighted by Crippen LogP contribution is 2.13. The Kier molecular flexibility index (Phi) is 4.31. The van der Waals surface area contributed by atoms with Gasteiger partial charge in [0.15, 0.2) is 6.10 Å². The number of nitrogens with one attached hydrogen (secondary N) is 1. The third-order valence-corrected chi connectivity index (χ3v) is 2.08. The summed E-state index contributed by atoms with van der Waals surface area (Å²) in [6.07, 6.45) is -0.812. The lowest BCUT2D eigenvalue weighted by molar-refractivity contribution is -0.150. The van der Waals surface area contributed by atoms with Gasteiger partial charge in [0.25, 0.3) is 5.91 Å². The third kappa shape index (κ3) is 3.90. The second kappa shape index (κ2) is 5.51. The molecule has 0 radical (unpaired) electrons. The number of ether oxygens (including phenoxy) is 1. The SMILES string of the molecule is CC(=O)OC(C)C(=O)Nc1ccc(Cl)cc1. The van der Waals surface area contributed by atoms with Crippen molar-refractivity contribution in [2.45, 2.75) is 20.0 Å². The molecule has 4 nitrogen and oxygen atoms in total. The van der Waals surface area contributed by atoms with Gasteiger partial charge in [0.05, 0.1) is 0 Å².